The second-order valence-corrected chi connectivity index (χ2v) is 3.67. The molecular weight excluding hydrogens is 214 g/mol. The Morgan fingerprint density at radius 1 is 1.00 bits per heavy atom. The fraction of sp³-hybridized carbons (Fsp3) is 0. The molecule has 1 N–H and O–H groups in total. The molecule has 0 bridgehead atoms. The molecule has 4 heteroatoms. The lowest BCUT2D eigenvalue weighted by Gasteiger charge is -2.04. The van der Waals surface area contributed by atoms with Crippen LogP contribution in [0.4, 0.5) is 0 Å². The van der Waals surface area contributed by atoms with Crippen molar-refractivity contribution in [2.45, 2.75) is 0 Å². The first-order chi connectivity index (χ1) is 8.34. The molecule has 0 radical (unpaired) electrons. The van der Waals surface area contributed by atoms with Crippen molar-refractivity contribution in [3.63, 3.8) is 0 Å². The van der Waals surface area contributed by atoms with Crippen LogP contribution in [0.15, 0.2) is 53.6 Å². The Morgan fingerprint density at radius 3 is 2.59 bits per heavy atom. The predicted molar refractivity (Wildman–Crippen MR) is 65.6 cm³/mol. The maximum atomic E-state index is 11.5. The lowest BCUT2D eigenvalue weighted by molar-refractivity contribution is 1.12. The summed E-state index contributed by atoms with van der Waals surface area (Å²) >= 11 is 0. The largest absolute Gasteiger partial charge is 0.345 e. The number of rotatable bonds is 1. The van der Waals surface area contributed by atoms with Gasteiger partial charge in [-0.05, 0) is 18.2 Å². The van der Waals surface area contributed by atoms with Crippen LogP contribution in [0.3, 0.4) is 0 Å². The molecule has 3 aromatic rings. The van der Waals surface area contributed by atoms with Crippen molar-refractivity contribution in [2.75, 3.05) is 0 Å². The van der Waals surface area contributed by atoms with E-state index in [1.807, 2.05) is 36.4 Å². The highest BCUT2D eigenvalue weighted by atomic mass is 16.1. The first-order valence-corrected chi connectivity index (χ1v) is 5.24. The summed E-state index contributed by atoms with van der Waals surface area (Å²) < 4.78 is 0. The Balaban J connectivity index is 2.40. The van der Waals surface area contributed by atoms with Crippen molar-refractivity contribution >= 4 is 10.9 Å². The number of aromatic amines is 1. The third-order valence-electron chi connectivity index (χ3n) is 2.59. The smallest absolute Gasteiger partial charge is 0.305 e. The number of nitrogens with zero attached hydrogens (tertiary/aromatic N) is 2. The Labute approximate surface area is 97.0 Å². The van der Waals surface area contributed by atoms with Gasteiger partial charge in [-0.15, -0.1) is 0 Å². The van der Waals surface area contributed by atoms with E-state index in [0.717, 1.165) is 16.5 Å². The van der Waals surface area contributed by atoms with Crippen molar-refractivity contribution in [1.29, 1.82) is 0 Å². The molecule has 0 spiro atoms. The molecule has 0 aliphatic carbocycles. The van der Waals surface area contributed by atoms with Crippen molar-refractivity contribution in [3.8, 4) is 11.3 Å². The normalized spacial score (nSPS) is 10.6. The number of hydrogen-bond donors (Lipinski definition) is 1. The maximum absolute atomic E-state index is 11.5. The Kier molecular flexibility index (Phi) is 2.19. The van der Waals surface area contributed by atoms with Crippen molar-refractivity contribution in [1.82, 2.24) is 15.0 Å². The zero-order valence-electron chi connectivity index (χ0n) is 8.92. The maximum Gasteiger partial charge on any atom is 0.345 e. The van der Waals surface area contributed by atoms with E-state index in [1.165, 1.54) is 0 Å². The van der Waals surface area contributed by atoms with Gasteiger partial charge in [0.2, 0.25) is 0 Å². The lowest BCUT2D eigenvalue weighted by Crippen LogP contribution is -2.11. The van der Waals surface area contributed by atoms with E-state index in [9.17, 15) is 4.79 Å². The number of nitrogens with one attached hydrogen (secondary N) is 1. The van der Waals surface area contributed by atoms with Crippen LogP contribution in [-0.2, 0) is 0 Å². The van der Waals surface area contributed by atoms with Crippen LogP contribution in [-0.4, -0.2) is 15.0 Å². The number of H-pyrrole nitrogens is 1. The number of aromatic nitrogens is 3. The number of pyridine rings is 1. The summed E-state index contributed by atoms with van der Waals surface area (Å²) in [5.74, 6) is 0. The third kappa shape index (κ3) is 1.69. The molecule has 0 amide bonds. The van der Waals surface area contributed by atoms with E-state index in [2.05, 4.69) is 15.0 Å². The van der Waals surface area contributed by atoms with E-state index >= 15 is 0 Å². The van der Waals surface area contributed by atoms with E-state index in [1.54, 1.807) is 12.4 Å². The van der Waals surface area contributed by atoms with Crippen molar-refractivity contribution < 1.29 is 0 Å². The van der Waals surface area contributed by atoms with E-state index in [4.69, 9.17) is 0 Å². The molecular formula is C13H9N3O. The predicted octanol–water partition coefficient (Wildman–Crippen LogP) is 1.99. The Hall–Kier alpha value is -2.49. The van der Waals surface area contributed by atoms with E-state index in [-0.39, 0.29) is 5.69 Å². The molecule has 0 unspecified atom stereocenters. The van der Waals surface area contributed by atoms with Crippen LogP contribution in [0.5, 0.6) is 0 Å². The number of hydrogen-bond acceptors (Lipinski definition) is 3. The third-order valence-corrected chi connectivity index (χ3v) is 2.59. The summed E-state index contributed by atoms with van der Waals surface area (Å²) in [5.41, 5.74) is 2.03. The first-order valence-electron chi connectivity index (χ1n) is 5.24. The highest BCUT2D eigenvalue weighted by Gasteiger charge is 2.06. The molecule has 0 saturated carbocycles. The van der Waals surface area contributed by atoms with Gasteiger partial charge in [-0.1, -0.05) is 18.2 Å². The molecule has 1 aromatic carbocycles. The van der Waals surface area contributed by atoms with Gasteiger partial charge in [0.05, 0.1) is 11.2 Å². The summed E-state index contributed by atoms with van der Waals surface area (Å²) in [5, 5.41) is 0.929. The van der Waals surface area contributed by atoms with Crippen molar-refractivity contribution in [3.05, 3.63) is 59.3 Å². The minimum atomic E-state index is -0.337. The molecule has 82 valence electrons. The van der Waals surface area contributed by atoms with Gasteiger partial charge < -0.3 is 4.98 Å². The van der Waals surface area contributed by atoms with Gasteiger partial charge in [-0.2, -0.15) is 4.98 Å². The Bertz CT molecular complexity index is 719. The molecule has 4 nitrogen and oxygen atoms in total. The van der Waals surface area contributed by atoms with Crippen LogP contribution in [0.2, 0.25) is 0 Å². The zero-order chi connectivity index (χ0) is 11.7. The summed E-state index contributed by atoms with van der Waals surface area (Å²) in [6.07, 6.45) is 3.37. The minimum Gasteiger partial charge on any atom is -0.305 e. The van der Waals surface area contributed by atoms with Crippen LogP contribution in [0.1, 0.15) is 0 Å². The van der Waals surface area contributed by atoms with Crippen LogP contribution < -0.4 is 5.69 Å². The number of fused-ring (bicyclic) bond motifs is 1. The van der Waals surface area contributed by atoms with Crippen LogP contribution >= 0.6 is 0 Å². The van der Waals surface area contributed by atoms with E-state index < -0.39 is 0 Å². The summed E-state index contributed by atoms with van der Waals surface area (Å²) in [6.45, 7) is 0. The molecule has 2 aromatic heterocycles. The highest BCUT2D eigenvalue weighted by molar-refractivity contribution is 5.91. The Morgan fingerprint density at radius 2 is 1.76 bits per heavy atom. The average molecular weight is 223 g/mol. The van der Waals surface area contributed by atoms with Crippen molar-refractivity contribution in [2.24, 2.45) is 0 Å². The number of benzene rings is 1. The van der Waals surface area contributed by atoms with E-state index in [0.29, 0.717) is 5.69 Å². The zero-order valence-corrected chi connectivity index (χ0v) is 8.92. The average Bonchev–Trinajstić information content (AvgIpc) is 2.39. The second kappa shape index (κ2) is 3.83. The van der Waals surface area contributed by atoms with Gasteiger partial charge in [0.15, 0.2) is 0 Å². The van der Waals surface area contributed by atoms with Crippen LogP contribution in [0, 0.1) is 0 Å². The molecule has 0 aliphatic rings. The molecule has 0 aliphatic heterocycles. The van der Waals surface area contributed by atoms with Gasteiger partial charge in [0, 0.05) is 23.3 Å². The second-order valence-electron chi connectivity index (χ2n) is 3.67. The highest BCUT2D eigenvalue weighted by Crippen LogP contribution is 2.22. The van der Waals surface area contributed by atoms with Gasteiger partial charge in [0.1, 0.15) is 0 Å². The lowest BCUT2D eigenvalue weighted by atomic mass is 10.1. The fourth-order valence-corrected chi connectivity index (χ4v) is 1.83. The molecule has 2 heterocycles. The topological polar surface area (TPSA) is 58.6 Å². The van der Waals surface area contributed by atoms with Gasteiger partial charge in [-0.25, -0.2) is 4.79 Å². The fourth-order valence-electron chi connectivity index (χ4n) is 1.83. The molecule has 17 heavy (non-hydrogen) atoms. The summed E-state index contributed by atoms with van der Waals surface area (Å²) in [6, 6.07) is 11.3. The first kappa shape index (κ1) is 9.72. The standard InChI is InChI=1S/C13H9N3O/c17-13-15-11-4-2-1-3-10(11)12(16-13)9-5-7-14-8-6-9/h1-8H,(H,15,16,17). The minimum absolute atomic E-state index is 0.337. The quantitative estimate of drug-likeness (QED) is 0.686. The van der Waals surface area contributed by atoms with Gasteiger partial charge in [0.25, 0.3) is 0 Å². The molecule has 3 rings (SSSR count). The number of para-hydroxylation sites is 1. The molecule has 0 atom stereocenters. The summed E-state index contributed by atoms with van der Waals surface area (Å²) in [4.78, 5) is 22.2. The van der Waals surface area contributed by atoms with Gasteiger partial charge in [-0.3, -0.25) is 4.98 Å². The molecule has 0 fully saturated rings. The summed E-state index contributed by atoms with van der Waals surface area (Å²) in [7, 11) is 0. The SMILES string of the molecule is O=c1nc(-c2ccncc2)c2ccccc2[nH]1. The molecule has 0 saturated heterocycles. The monoisotopic (exact) mass is 223 g/mol. The van der Waals surface area contributed by atoms with Crippen LogP contribution in [0.25, 0.3) is 22.2 Å². The van der Waals surface area contributed by atoms with Gasteiger partial charge >= 0.3 is 5.69 Å².